The lowest BCUT2D eigenvalue weighted by atomic mass is 10.2. The van der Waals surface area contributed by atoms with Gasteiger partial charge in [0.05, 0.1) is 18.7 Å². The van der Waals surface area contributed by atoms with Crippen LogP contribution in [0.25, 0.3) is 0 Å². The average Bonchev–Trinajstić information content (AvgIpc) is 3.19. The fourth-order valence-corrected chi connectivity index (χ4v) is 3.24. The molecular weight excluding hydrogens is 320 g/mol. The lowest BCUT2D eigenvalue weighted by molar-refractivity contribution is 0.0760. The van der Waals surface area contributed by atoms with E-state index in [1.54, 1.807) is 6.92 Å². The summed E-state index contributed by atoms with van der Waals surface area (Å²) in [6.45, 7) is 8.11. The summed E-state index contributed by atoms with van der Waals surface area (Å²) in [6, 6.07) is 9.86. The van der Waals surface area contributed by atoms with E-state index in [1.807, 2.05) is 30.3 Å². The van der Waals surface area contributed by atoms with Crippen molar-refractivity contribution in [1.29, 1.82) is 0 Å². The molecule has 1 N–H and O–H groups in total. The molecule has 7 heteroatoms. The first-order valence-corrected chi connectivity index (χ1v) is 8.77. The number of aryl methyl sites for hydroxylation is 1. The molecular formula is C18H26N4O3. The second kappa shape index (κ2) is 8.42. The molecule has 2 heterocycles. The van der Waals surface area contributed by atoms with Gasteiger partial charge in [0, 0.05) is 26.6 Å². The highest BCUT2D eigenvalue weighted by Crippen LogP contribution is 2.18. The summed E-state index contributed by atoms with van der Waals surface area (Å²) in [7, 11) is 0. The third-order valence-electron chi connectivity index (χ3n) is 4.54. The Hall–Kier alpha value is -1.96. The Morgan fingerprint density at radius 1 is 1.28 bits per heavy atom. The van der Waals surface area contributed by atoms with E-state index in [1.165, 1.54) is 0 Å². The van der Waals surface area contributed by atoms with Gasteiger partial charge in [0.2, 0.25) is 11.8 Å². The van der Waals surface area contributed by atoms with E-state index in [0.29, 0.717) is 31.5 Å². The van der Waals surface area contributed by atoms with Crippen LogP contribution in [0.2, 0.25) is 0 Å². The SMILES string of the molecule is CCN(Cc1nnc(C)o1)[C@H]1CN(CCOc2ccccc2)C[C@H]1O. The van der Waals surface area contributed by atoms with Crippen molar-refractivity contribution < 1.29 is 14.3 Å². The highest BCUT2D eigenvalue weighted by molar-refractivity contribution is 5.20. The second-order valence-corrected chi connectivity index (χ2v) is 6.33. The topological polar surface area (TPSA) is 74.9 Å². The third-order valence-corrected chi connectivity index (χ3v) is 4.54. The molecule has 2 aromatic rings. The lowest BCUT2D eigenvalue weighted by Crippen LogP contribution is -2.42. The van der Waals surface area contributed by atoms with E-state index in [0.717, 1.165) is 25.4 Å². The van der Waals surface area contributed by atoms with Gasteiger partial charge in [-0.3, -0.25) is 9.80 Å². The molecule has 136 valence electrons. The predicted octanol–water partition coefficient (Wildman–Crippen LogP) is 1.32. The van der Waals surface area contributed by atoms with Gasteiger partial charge in [-0.05, 0) is 18.7 Å². The number of rotatable bonds is 8. The Balaban J connectivity index is 1.49. The van der Waals surface area contributed by atoms with E-state index in [-0.39, 0.29) is 12.1 Å². The van der Waals surface area contributed by atoms with Crippen LogP contribution in [0.15, 0.2) is 34.7 Å². The molecule has 1 saturated heterocycles. The first kappa shape index (κ1) is 17.8. The van der Waals surface area contributed by atoms with Crippen LogP contribution in [0, 0.1) is 6.92 Å². The zero-order valence-electron chi connectivity index (χ0n) is 14.8. The number of nitrogens with zero attached hydrogens (tertiary/aromatic N) is 4. The number of likely N-dealkylation sites (N-methyl/N-ethyl adjacent to an activating group) is 1. The second-order valence-electron chi connectivity index (χ2n) is 6.33. The molecule has 0 saturated carbocycles. The van der Waals surface area contributed by atoms with E-state index in [2.05, 4.69) is 26.9 Å². The first-order chi connectivity index (χ1) is 12.2. The molecule has 1 fully saturated rings. The smallest absolute Gasteiger partial charge is 0.230 e. The minimum atomic E-state index is -0.388. The normalized spacial score (nSPS) is 21.1. The monoisotopic (exact) mass is 346 g/mol. The predicted molar refractivity (Wildman–Crippen MR) is 93.3 cm³/mol. The number of para-hydroxylation sites is 1. The van der Waals surface area contributed by atoms with Crippen molar-refractivity contribution in [1.82, 2.24) is 20.0 Å². The standard InChI is InChI=1S/C18H26N4O3/c1-3-22(13-18-20-19-14(2)25-18)16-11-21(12-17(16)23)9-10-24-15-7-5-4-6-8-15/h4-8,16-17,23H,3,9-13H2,1-2H3/t16-,17+/m0/s1. The average molecular weight is 346 g/mol. The number of aliphatic hydroxyl groups is 1. The number of hydrogen-bond donors (Lipinski definition) is 1. The number of benzene rings is 1. The number of hydrogen-bond acceptors (Lipinski definition) is 7. The Kier molecular flexibility index (Phi) is 6.01. The van der Waals surface area contributed by atoms with Gasteiger partial charge < -0.3 is 14.3 Å². The maximum atomic E-state index is 10.5. The largest absolute Gasteiger partial charge is 0.492 e. The number of aliphatic hydroxyl groups excluding tert-OH is 1. The van der Waals surface area contributed by atoms with Crippen molar-refractivity contribution in [3.63, 3.8) is 0 Å². The van der Waals surface area contributed by atoms with E-state index in [4.69, 9.17) is 9.15 Å². The Morgan fingerprint density at radius 3 is 2.76 bits per heavy atom. The number of ether oxygens (including phenoxy) is 1. The maximum Gasteiger partial charge on any atom is 0.230 e. The molecule has 1 aromatic heterocycles. The van der Waals surface area contributed by atoms with Crippen molar-refractivity contribution in [2.75, 3.05) is 32.8 Å². The van der Waals surface area contributed by atoms with Gasteiger partial charge in [-0.15, -0.1) is 10.2 Å². The number of likely N-dealkylation sites (tertiary alicyclic amines) is 1. The van der Waals surface area contributed by atoms with Crippen molar-refractivity contribution in [2.24, 2.45) is 0 Å². The van der Waals surface area contributed by atoms with E-state index < -0.39 is 0 Å². The summed E-state index contributed by atoms with van der Waals surface area (Å²) in [4.78, 5) is 4.43. The summed E-state index contributed by atoms with van der Waals surface area (Å²) in [5.41, 5.74) is 0. The van der Waals surface area contributed by atoms with Crippen molar-refractivity contribution in [2.45, 2.75) is 32.5 Å². The summed E-state index contributed by atoms with van der Waals surface area (Å²) in [6.07, 6.45) is -0.388. The fraction of sp³-hybridized carbons (Fsp3) is 0.556. The molecule has 0 amide bonds. The third kappa shape index (κ3) is 4.78. The Morgan fingerprint density at radius 2 is 2.08 bits per heavy atom. The minimum absolute atomic E-state index is 0.0638. The molecule has 1 aromatic carbocycles. The van der Waals surface area contributed by atoms with Crippen LogP contribution in [0.3, 0.4) is 0 Å². The van der Waals surface area contributed by atoms with Crippen LogP contribution in [0.1, 0.15) is 18.7 Å². The van der Waals surface area contributed by atoms with Crippen LogP contribution in [-0.2, 0) is 6.54 Å². The van der Waals surface area contributed by atoms with Crippen molar-refractivity contribution in [3.05, 3.63) is 42.1 Å². The van der Waals surface area contributed by atoms with Crippen molar-refractivity contribution >= 4 is 0 Å². The molecule has 7 nitrogen and oxygen atoms in total. The molecule has 0 aliphatic carbocycles. The highest BCUT2D eigenvalue weighted by atomic mass is 16.5. The van der Waals surface area contributed by atoms with Crippen LogP contribution < -0.4 is 4.74 Å². The van der Waals surface area contributed by atoms with Gasteiger partial charge in [-0.1, -0.05) is 25.1 Å². The molecule has 3 rings (SSSR count). The molecule has 0 radical (unpaired) electrons. The number of β-amino-alcohol motifs (C(OH)–C–C–N with tert-alkyl or cyclic N) is 1. The van der Waals surface area contributed by atoms with Gasteiger partial charge in [0.15, 0.2) is 0 Å². The highest BCUT2D eigenvalue weighted by Gasteiger charge is 2.35. The summed E-state index contributed by atoms with van der Waals surface area (Å²) >= 11 is 0. The molecule has 0 bridgehead atoms. The van der Waals surface area contributed by atoms with Gasteiger partial charge in [0.1, 0.15) is 12.4 Å². The zero-order valence-corrected chi connectivity index (χ0v) is 14.8. The molecule has 25 heavy (non-hydrogen) atoms. The molecule has 0 spiro atoms. The molecule has 1 aliphatic rings. The summed E-state index contributed by atoms with van der Waals surface area (Å²) < 4.78 is 11.2. The van der Waals surface area contributed by atoms with Gasteiger partial charge >= 0.3 is 0 Å². The van der Waals surface area contributed by atoms with Crippen LogP contribution >= 0.6 is 0 Å². The lowest BCUT2D eigenvalue weighted by Gasteiger charge is -2.28. The molecule has 0 unspecified atom stereocenters. The van der Waals surface area contributed by atoms with E-state index in [9.17, 15) is 5.11 Å². The number of aromatic nitrogens is 2. The molecule has 2 atom stereocenters. The maximum absolute atomic E-state index is 10.5. The van der Waals surface area contributed by atoms with Crippen LogP contribution in [-0.4, -0.2) is 70.0 Å². The molecule has 1 aliphatic heterocycles. The fourth-order valence-electron chi connectivity index (χ4n) is 3.24. The van der Waals surface area contributed by atoms with Gasteiger partial charge in [-0.2, -0.15) is 0 Å². The Bertz CT molecular complexity index is 649. The first-order valence-electron chi connectivity index (χ1n) is 8.77. The zero-order chi connectivity index (χ0) is 17.6. The van der Waals surface area contributed by atoms with Crippen LogP contribution in [0.5, 0.6) is 5.75 Å². The van der Waals surface area contributed by atoms with Gasteiger partial charge in [-0.25, -0.2) is 0 Å². The van der Waals surface area contributed by atoms with Crippen LogP contribution in [0.4, 0.5) is 0 Å². The summed E-state index contributed by atoms with van der Waals surface area (Å²) in [5.74, 6) is 2.04. The quantitative estimate of drug-likeness (QED) is 0.773. The van der Waals surface area contributed by atoms with E-state index >= 15 is 0 Å². The minimum Gasteiger partial charge on any atom is -0.492 e. The Labute approximate surface area is 148 Å². The van der Waals surface area contributed by atoms with Crippen molar-refractivity contribution in [3.8, 4) is 5.75 Å². The van der Waals surface area contributed by atoms with Gasteiger partial charge in [0.25, 0.3) is 0 Å². The summed E-state index contributed by atoms with van der Waals surface area (Å²) in [5, 5.41) is 18.4.